The number of aryl methyl sites for hydroxylation is 2. The third kappa shape index (κ3) is 5.34. The van der Waals surface area contributed by atoms with Crippen molar-refractivity contribution < 1.29 is 18.9 Å². The first kappa shape index (κ1) is 25.3. The number of nitrogens with one attached hydrogen (secondary N) is 2. The Labute approximate surface area is 223 Å². The number of fused-ring (bicyclic) bond motifs is 1. The van der Waals surface area contributed by atoms with Gasteiger partial charge in [0.25, 0.3) is 11.6 Å². The van der Waals surface area contributed by atoms with Crippen molar-refractivity contribution >= 4 is 51.4 Å². The number of amides is 1. The molecule has 2 heterocycles. The number of nitro benzene ring substituents is 1. The second kappa shape index (κ2) is 10.6. The van der Waals surface area contributed by atoms with Gasteiger partial charge < -0.3 is 19.4 Å². The Morgan fingerprint density at radius 3 is 2.63 bits per heavy atom. The number of hydrogen-bond acceptors (Lipinski definition) is 8. The molecule has 38 heavy (non-hydrogen) atoms. The van der Waals surface area contributed by atoms with E-state index in [2.05, 4.69) is 15.6 Å². The number of rotatable bonds is 5. The zero-order valence-corrected chi connectivity index (χ0v) is 21.6. The third-order valence-electron chi connectivity index (χ3n) is 6.29. The lowest BCUT2D eigenvalue weighted by molar-refractivity contribution is -0.384. The molecule has 1 amide bonds. The second-order valence-electron chi connectivity index (χ2n) is 8.99. The Morgan fingerprint density at radius 1 is 1.08 bits per heavy atom. The number of non-ortho nitro benzene ring substituents is 1. The number of carbonyl (C=O) groups is 1. The van der Waals surface area contributed by atoms with Gasteiger partial charge in [-0.1, -0.05) is 12.1 Å². The average molecular weight is 532 g/mol. The summed E-state index contributed by atoms with van der Waals surface area (Å²) in [5.74, 6) is -0.0776. The Hall–Kier alpha value is -4.35. The van der Waals surface area contributed by atoms with Crippen LogP contribution in [0.15, 0.2) is 59.0 Å². The molecular formula is C27H25N5O5S. The van der Waals surface area contributed by atoms with E-state index in [0.717, 1.165) is 22.2 Å². The predicted octanol–water partition coefficient (Wildman–Crippen LogP) is 4.98. The van der Waals surface area contributed by atoms with Gasteiger partial charge in [0.15, 0.2) is 10.7 Å². The van der Waals surface area contributed by atoms with Gasteiger partial charge in [0.1, 0.15) is 5.52 Å². The molecule has 1 fully saturated rings. The molecule has 0 radical (unpaired) electrons. The topological polar surface area (TPSA) is 123 Å². The molecule has 5 rings (SSSR count). The summed E-state index contributed by atoms with van der Waals surface area (Å²) in [5.41, 5.74) is 5.41. The number of ether oxygens (including phenoxy) is 1. The van der Waals surface area contributed by atoms with Crippen LogP contribution in [0.3, 0.4) is 0 Å². The molecule has 1 aliphatic heterocycles. The highest BCUT2D eigenvalue weighted by Gasteiger charge is 2.23. The SMILES string of the molecule is Cc1ccc2nc(-c3ccc(C)c(NC(=S)NC(=O)c4cc([N+](=O)[O-])ccc4N4CCOCC4)c3)oc2c1. The molecule has 0 saturated carbocycles. The number of nitro groups is 1. The molecule has 1 aromatic heterocycles. The highest BCUT2D eigenvalue weighted by atomic mass is 32.1. The van der Waals surface area contributed by atoms with Gasteiger partial charge in [-0.15, -0.1) is 0 Å². The van der Waals surface area contributed by atoms with E-state index in [4.69, 9.17) is 21.4 Å². The highest BCUT2D eigenvalue weighted by Crippen LogP contribution is 2.29. The first-order valence-electron chi connectivity index (χ1n) is 12.0. The van der Waals surface area contributed by atoms with Gasteiger partial charge in [0, 0.05) is 36.5 Å². The van der Waals surface area contributed by atoms with Crippen molar-refractivity contribution in [3.05, 3.63) is 81.4 Å². The fraction of sp³-hybridized carbons (Fsp3) is 0.222. The first-order chi connectivity index (χ1) is 18.3. The van der Waals surface area contributed by atoms with Crippen LogP contribution in [0.1, 0.15) is 21.5 Å². The fourth-order valence-corrected chi connectivity index (χ4v) is 4.47. The summed E-state index contributed by atoms with van der Waals surface area (Å²) in [7, 11) is 0. The van der Waals surface area contributed by atoms with Crippen molar-refractivity contribution in [1.29, 1.82) is 0 Å². The van der Waals surface area contributed by atoms with Crippen LogP contribution in [0, 0.1) is 24.0 Å². The number of anilines is 2. The first-order valence-corrected chi connectivity index (χ1v) is 12.4. The number of morpholine rings is 1. The van der Waals surface area contributed by atoms with Crippen LogP contribution >= 0.6 is 12.2 Å². The number of aromatic nitrogens is 1. The van der Waals surface area contributed by atoms with Crippen molar-refractivity contribution in [3.8, 4) is 11.5 Å². The molecule has 194 valence electrons. The average Bonchev–Trinajstić information content (AvgIpc) is 3.33. The Kier molecular flexibility index (Phi) is 7.03. The minimum atomic E-state index is -0.546. The molecule has 1 aliphatic rings. The normalized spacial score (nSPS) is 13.4. The lowest BCUT2D eigenvalue weighted by atomic mass is 10.1. The van der Waals surface area contributed by atoms with Gasteiger partial charge in [-0.05, 0) is 67.5 Å². The van der Waals surface area contributed by atoms with E-state index in [1.165, 1.54) is 12.1 Å². The molecular weight excluding hydrogens is 506 g/mol. The number of benzene rings is 3. The number of oxazole rings is 1. The molecule has 2 N–H and O–H groups in total. The number of hydrogen-bond donors (Lipinski definition) is 2. The maximum absolute atomic E-state index is 13.2. The van der Waals surface area contributed by atoms with E-state index in [1.807, 2.05) is 55.1 Å². The van der Waals surface area contributed by atoms with Gasteiger partial charge in [0.05, 0.1) is 29.4 Å². The van der Waals surface area contributed by atoms with Crippen LogP contribution in [0.4, 0.5) is 17.1 Å². The highest BCUT2D eigenvalue weighted by molar-refractivity contribution is 7.80. The van der Waals surface area contributed by atoms with E-state index >= 15 is 0 Å². The van der Waals surface area contributed by atoms with E-state index in [9.17, 15) is 14.9 Å². The van der Waals surface area contributed by atoms with Gasteiger partial charge in [0.2, 0.25) is 5.89 Å². The van der Waals surface area contributed by atoms with E-state index in [-0.39, 0.29) is 16.4 Å². The van der Waals surface area contributed by atoms with Crippen LogP contribution in [-0.2, 0) is 4.74 Å². The molecule has 0 atom stereocenters. The van der Waals surface area contributed by atoms with Crippen molar-refractivity contribution in [2.75, 3.05) is 36.5 Å². The fourth-order valence-electron chi connectivity index (χ4n) is 4.27. The van der Waals surface area contributed by atoms with Crippen molar-refractivity contribution in [1.82, 2.24) is 10.3 Å². The lowest BCUT2D eigenvalue weighted by Gasteiger charge is -2.30. The van der Waals surface area contributed by atoms with Crippen LogP contribution in [-0.4, -0.2) is 47.2 Å². The Morgan fingerprint density at radius 2 is 1.87 bits per heavy atom. The summed E-state index contributed by atoms with van der Waals surface area (Å²) in [6.45, 7) is 6.05. The largest absolute Gasteiger partial charge is 0.436 e. The molecule has 10 nitrogen and oxygen atoms in total. The molecule has 4 aromatic rings. The van der Waals surface area contributed by atoms with Gasteiger partial charge in [-0.25, -0.2) is 4.98 Å². The van der Waals surface area contributed by atoms with E-state index < -0.39 is 10.8 Å². The van der Waals surface area contributed by atoms with E-state index in [1.54, 1.807) is 6.07 Å². The van der Waals surface area contributed by atoms with Gasteiger partial charge in [-0.3, -0.25) is 20.2 Å². The Bertz CT molecular complexity index is 1560. The minimum Gasteiger partial charge on any atom is -0.436 e. The molecule has 1 saturated heterocycles. The Balaban J connectivity index is 1.36. The van der Waals surface area contributed by atoms with Gasteiger partial charge in [-0.2, -0.15) is 0 Å². The van der Waals surface area contributed by atoms with Crippen LogP contribution < -0.4 is 15.5 Å². The standard InChI is InChI=1S/C27H25N5O5S/c1-16-3-7-21-24(13-16)37-26(28-21)18-5-4-17(2)22(14-18)29-27(38)30-25(33)20-15-19(32(34)35)6-8-23(20)31-9-11-36-12-10-31/h3-8,13-15H,9-12H2,1-2H3,(H2,29,30,33,38). The number of nitrogens with zero attached hydrogens (tertiary/aromatic N) is 3. The lowest BCUT2D eigenvalue weighted by Crippen LogP contribution is -2.39. The zero-order valence-electron chi connectivity index (χ0n) is 20.8. The smallest absolute Gasteiger partial charge is 0.270 e. The summed E-state index contributed by atoms with van der Waals surface area (Å²) in [5, 5.41) is 17.2. The number of thiocarbonyl (C=S) groups is 1. The molecule has 0 unspecified atom stereocenters. The van der Waals surface area contributed by atoms with Gasteiger partial charge >= 0.3 is 0 Å². The molecule has 3 aromatic carbocycles. The second-order valence-corrected chi connectivity index (χ2v) is 9.39. The zero-order chi connectivity index (χ0) is 26.8. The molecule has 0 bridgehead atoms. The van der Waals surface area contributed by atoms with Crippen LogP contribution in [0.5, 0.6) is 0 Å². The summed E-state index contributed by atoms with van der Waals surface area (Å²) >= 11 is 5.43. The van der Waals surface area contributed by atoms with E-state index in [0.29, 0.717) is 49.2 Å². The summed E-state index contributed by atoms with van der Waals surface area (Å²) in [6.07, 6.45) is 0. The van der Waals surface area contributed by atoms with Crippen molar-refractivity contribution in [2.45, 2.75) is 13.8 Å². The van der Waals surface area contributed by atoms with Crippen molar-refractivity contribution in [3.63, 3.8) is 0 Å². The molecule has 0 aliphatic carbocycles. The monoisotopic (exact) mass is 531 g/mol. The predicted molar refractivity (Wildman–Crippen MR) is 149 cm³/mol. The molecule has 11 heteroatoms. The van der Waals surface area contributed by atoms with Crippen LogP contribution in [0.2, 0.25) is 0 Å². The third-order valence-corrected chi connectivity index (χ3v) is 6.50. The number of carbonyl (C=O) groups excluding carboxylic acids is 1. The summed E-state index contributed by atoms with van der Waals surface area (Å²) in [6, 6.07) is 15.7. The minimum absolute atomic E-state index is 0.0582. The quantitative estimate of drug-likeness (QED) is 0.208. The maximum Gasteiger partial charge on any atom is 0.270 e. The van der Waals surface area contributed by atoms with Crippen molar-refractivity contribution in [2.24, 2.45) is 0 Å². The summed E-state index contributed by atoms with van der Waals surface area (Å²) < 4.78 is 11.3. The van der Waals surface area contributed by atoms with Crippen LogP contribution in [0.25, 0.3) is 22.6 Å². The summed E-state index contributed by atoms with van der Waals surface area (Å²) in [4.78, 5) is 30.6. The molecule has 0 spiro atoms. The maximum atomic E-state index is 13.2.